The van der Waals surface area contributed by atoms with Gasteiger partial charge in [0.1, 0.15) is 17.1 Å². The van der Waals surface area contributed by atoms with Crippen molar-refractivity contribution in [1.82, 2.24) is 9.80 Å². The molecular formula is C24H26N2O4. The number of nitrogens with zero attached hydrogens (tertiary/aromatic N) is 2. The second kappa shape index (κ2) is 8.71. The first-order valence-electron chi connectivity index (χ1n) is 10.3. The Morgan fingerprint density at radius 1 is 1.07 bits per heavy atom. The Morgan fingerprint density at radius 3 is 2.50 bits per heavy atom. The summed E-state index contributed by atoms with van der Waals surface area (Å²) in [6.07, 6.45) is 0. The number of likely N-dealkylation sites (N-methyl/N-ethyl adjacent to an activating group) is 1. The zero-order chi connectivity index (χ0) is 21.1. The third kappa shape index (κ3) is 4.09. The molecule has 0 aliphatic carbocycles. The molecule has 4 rings (SSSR count). The van der Waals surface area contributed by atoms with Crippen LogP contribution in [0.2, 0.25) is 0 Å². The van der Waals surface area contributed by atoms with Crippen molar-refractivity contribution in [3.63, 3.8) is 0 Å². The number of piperazine rings is 1. The summed E-state index contributed by atoms with van der Waals surface area (Å²) in [7, 11) is 0. The maximum Gasteiger partial charge on any atom is 0.260 e. The number of fused-ring (bicyclic) bond motifs is 1. The van der Waals surface area contributed by atoms with Gasteiger partial charge in [-0.05, 0) is 31.2 Å². The molecule has 1 fully saturated rings. The van der Waals surface area contributed by atoms with Gasteiger partial charge in [-0.3, -0.25) is 9.59 Å². The Morgan fingerprint density at radius 2 is 1.80 bits per heavy atom. The molecule has 0 atom stereocenters. The zero-order valence-corrected chi connectivity index (χ0v) is 17.4. The lowest BCUT2D eigenvalue weighted by Gasteiger charge is -2.33. The maximum absolute atomic E-state index is 13.0. The minimum atomic E-state index is -0.0728. The molecule has 30 heavy (non-hydrogen) atoms. The van der Waals surface area contributed by atoms with E-state index in [0.29, 0.717) is 28.0 Å². The van der Waals surface area contributed by atoms with Gasteiger partial charge in [-0.2, -0.15) is 0 Å². The van der Waals surface area contributed by atoms with Crippen LogP contribution in [0.5, 0.6) is 5.75 Å². The van der Waals surface area contributed by atoms with Gasteiger partial charge in [-0.15, -0.1) is 0 Å². The van der Waals surface area contributed by atoms with E-state index >= 15 is 0 Å². The number of aryl methyl sites for hydroxylation is 1. The lowest BCUT2D eigenvalue weighted by Crippen LogP contribution is -2.49. The van der Waals surface area contributed by atoms with E-state index < -0.39 is 0 Å². The highest BCUT2D eigenvalue weighted by atomic mass is 16.5. The summed E-state index contributed by atoms with van der Waals surface area (Å²) in [5.41, 5.74) is 1.79. The molecule has 3 aromatic rings. The highest BCUT2D eigenvalue weighted by molar-refractivity contribution is 5.84. The lowest BCUT2D eigenvalue weighted by atomic mass is 10.0. The van der Waals surface area contributed by atoms with Crippen molar-refractivity contribution in [3.05, 3.63) is 64.5 Å². The van der Waals surface area contributed by atoms with Crippen molar-refractivity contribution in [2.24, 2.45) is 0 Å². The number of carbonyl (C=O) groups excluding carboxylic acids is 1. The van der Waals surface area contributed by atoms with Crippen molar-refractivity contribution in [1.29, 1.82) is 0 Å². The molecule has 2 heterocycles. The molecule has 1 aliphatic rings. The topological polar surface area (TPSA) is 63.0 Å². The van der Waals surface area contributed by atoms with E-state index in [1.165, 1.54) is 0 Å². The van der Waals surface area contributed by atoms with E-state index in [4.69, 9.17) is 9.15 Å². The van der Waals surface area contributed by atoms with Crippen LogP contribution in [0.1, 0.15) is 12.7 Å². The van der Waals surface area contributed by atoms with E-state index in [0.717, 1.165) is 38.3 Å². The predicted molar refractivity (Wildman–Crippen MR) is 117 cm³/mol. The fourth-order valence-corrected chi connectivity index (χ4v) is 3.86. The number of carbonyl (C=O) groups is 1. The van der Waals surface area contributed by atoms with Crippen LogP contribution >= 0.6 is 0 Å². The lowest BCUT2D eigenvalue weighted by molar-refractivity contribution is -0.135. The van der Waals surface area contributed by atoms with Crippen LogP contribution in [0.4, 0.5) is 0 Å². The van der Waals surface area contributed by atoms with Crippen LogP contribution in [0.3, 0.4) is 0 Å². The van der Waals surface area contributed by atoms with Crippen LogP contribution in [-0.4, -0.2) is 55.0 Å². The molecule has 0 radical (unpaired) electrons. The van der Waals surface area contributed by atoms with Crippen LogP contribution in [0.25, 0.3) is 22.1 Å². The average Bonchev–Trinajstić information content (AvgIpc) is 2.78. The van der Waals surface area contributed by atoms with Gasteiger partial charge in [0.05, 0.1) is 10.9 Å². The first kappa shape index (κ1) is 20.2. The average molecular weight is 406 g/mol. The molecule has 6 nitrogen and oxygen atoms in total. The summed E-state index contributed by atoms with van der Waals surface area (Å²) in [6.45, 7) is 8.14. The summed E-state index contributed by atoms with van der Waals surface area (Å²) in [6, 6.07) is 14.6. The van der Waals surface area contributed by atoms with Crippen molar-refractivity contribution >= 4 is 16.9 Å². The van der Waals surface area contributed by atoms with Crippen LogP contribution in [0.15, 0.2) is 57.7 Å². The molecule has 1 saturated heterocycles. The number of rotatable bonds is 5. The second-order valence-electron chi connectivity index (χ2n) is 7.49. The van der Waals surface area contributed by atoms with Crippen LogP contribution < -0.4 is 10.2 Å². The molecule has 0 bridgehead atoms. The fraction of sp³-hybridized carbons (Fsp3) is 0.333. The van der Waals surface area contributed by atoms with Gasteiger partial charge in [0.15, 0.2) is 6.61 Å². The Balaban J connectivity index is 1.50. The SMILES string of the molecule is CCN1CCN(C(=O)COc2ccc3c(=O)c(-c4ccccc4)c(C)oc3c2)CC1. The van der Waals surface area contributed by atoms with Crippen molar-refractivity contribution < 1.29 is 13.9 Å². The van der Waals surface area contributed by atoms with E-state index in [1.54, 1.807) is 25.1 Å². The standard InChI is InChI=1S/C24H26N2O4/c1-3-25-11-13-26(14-12-25)22(27)16-29-19-9-10-20-21(15-19)30-17(2)23(24(20)28)18-7-5-4-6-8-18/h4-10,15H,3,11-14,16H2,1-2H3. The van der Waals surface area contributed by atoms with Gasteiger partial charge >= 0.3 is 0 Å². The minimum absolute atomic E-state index is 0.0249. The Kier molecular flexibility index (Phi) is 5.86. The molecule has 156 valence electrons. The van der Waals surface area contributed by atoms with E-state index in [9.17, 15) is 9.59 Å². The Labute approximate surface area is 175 Å². The summed E-state index contributed by atoms with van der Waals surface area (Å²) in [4.78, 5) is 29.6. The first-order chi connectivity index (χ1) is 14.6. The summed E-state index contributed by atoms with van der Waals surface area (Å²) >= 11 is 0. The quantitative estimate of drug-likeness (QED) is 0.651. The van der Waals surface area contributed by atoms with Crippen molar-refractivity contribution in [2.75, 3.05) is 39.3 Å². The largest absolute Gasteiger partial charge is 0.484 e. The first-order valence-corrected chi connectivity index (χ1v) is 10.3. The molecule has 6 heteroatoms. The van der Waals surface area contributed by atoms with E-state index in [2.05, 4.69) is 11.8 Å². The molecule has 0 N–H and O–H groups in total. The highest BCUT2D eigenvalue weighted by Crippen LogP contribution is 2.26. The monoisotopic (exact) mass is 406 g/mol. The zero-order valence-electron chi connectivity index (χ0n) is 17.4. The smallest absolute Gasteiger partial charge is 0.260 e. The Hall–Kier alpha value is -3.12. The summed E-state index contributed by atoms with van der Waals surface area (Å²) in [5.74, 6) is 1.04. The Bertz CT molecular complexity index is 1100. The number of ether oxygens (including phenoxy) is 1. The molecule has 0 saturated carbocycles. The summed E-state index contributed by atoms with van der Waals surface area (Å²) < 4.78 is 11.6. The molecular weight excluding hydrogens is 380 g/mol. The molecule has 0 spiro atoms. The minimum Gasteiger partial charge on any atom is -0.484 e. The number of hydrogen-bond acceptors (Lipinski definition) is 5. The van der Waals surface area contributed by atoms with E-state index in [1.807, 2.05) is 35.2 Å². The molecule has 2 aromatic carbocycles. The highest BCUT2D eigenvalue weighted by Gasteiger charge is 2.20. The fourth-order valence-electron chi connectivity index (χ4n) is 3.86. The van der Waals surface area contributed by atoms with Gasteiger partial charge in [0, 0.05) is 32.2 Å². The van der Waals surface area contributed by atoms with Crippen molar-refractivity contribution in [2.45, 2.75) is 13.8 Å². The van der Waals surface area contributed by atoms with Gasteiger partial charge in [0.25, 0.3) is 5.91 Å². The number of hydrogen-bond donors (Lipinski definition) is 0. The van der Waals surface area contributed by atoms with Crippen LogP contribution in [0, 0.1) is 6.92 Å². The van der Waals surface area contributed by atoms with Crippen molar-refractivity contribution in [3.8, 4) is 16.9 Å². The third-order valence-electron chi connectivity index (χ3n) is 5.64. The normalized spacial score (nSPS) is 14.8. The molecule has 1 aliphatic heterocycles. The van der Waals surface area contributed by atoms with Gasteiger partial charge in [-0.1, -0.05) is 37.3 Å². The second-order valence-corrected chi connectivity index (χ2v) is 7.49. The van der Waals surface area contributed by atoms with Gasteiger partial charge in [-0.25, -0.2) is 0 Å². The molecule has 1 amide bonds. The third-order valence-corrected chi connectivity index (χ3v) is 5.64. The maximum atomic E-state index is 13.0. The predicted octanol–water partition coefficient (Wildman–Crippen LogP) is 3.31. The number of benzene rings is 2. The summed E-state index contributed by atoms with van der Waals surface area (Å²) in [5, 5.41) is 0.494. The number of amides is 1. The van der Waals surface area contributed by atoms with Crippen LogP contribution in [-0.2, 0) is 4.79 Å². The molecule has 0 unspecified atom stereocenters. The molecule has 1 aromatic heterocycles. The van der Waals surface area contributed by atoms with Gasteiger partial charge < -0.3 is 19.0 Å². The van der Waals surface area contributed by atoms with E-state index in [-0.39, 0.29) is 17.9 Å². The van der Waals surface area contributed by atoms with Gasteiger partial charge in [0.2, 0.25) is 5.43 Å².